The molecule has 0 spiro atoms. The smallest absolute Gasteiger partial charge is 0.352 e. The summed E-state index contributed by atoms with van der Waals surface area (Å²) in [7, 11) is -0.160. The van der Waals surface area contributed by atoms with Gasteiger partial charge in [0.15, 0.2) is 5.75 Å². The van der Waals surface area contributed by atoms with E-state index in [4.69, 9.17) is 10.5 Å². The molecule has 0 fully saturated rings. The molecule has 0 aliphatic carbocycles. The molecule has 0 bridgehead atoms. The van der Waals surface area contributed by atoms with Crippen LogP contribution in [0.3, 0.4) is 0 Å². The summed E-state index contributed by atoms with van der Waals surface area (Å²) in [6, 6.07) is 12.8. The standard InChI is InChI=1S/C14H11N3O2S.C12H20N2O3S/c1-17-10(14(18)19)7-9-3-2-4-11(13(9)17)20-12-5-6-15-8-16-12;1-12(2,3)8-6-9(13)11(17-4)10(7-8)14-18(5,15)16/h2-8H,1H3,(H,18,19);6-7,14H,13H2,1-5H3. The number of carboxylic acid groups (broad SMARTS) is 1. The van der Waals surface area contributed by atoms with Gasteiger partial charge in [0.2, 0.25) is 10.0 Å². The van der Waals surface area contributed by atoms with Crippen molar-refractivity contribution in [2.24, 2.45) is 7.05 Å². The zero-order valence-electron chi connectivity index (χ0n) is 22.0. The van der Waals surface area contributed by atoms with Gasteiger partial charge in [0.25, 0.3) is 0 Å². The van der Waals surface area contributed by atoms with Gasteiger partial charge >= 0.3 is 5.97 Å². The van der Waals surface area contributed by atoms with E-state index < -0.39 is 16.0 Å². The molecule has 0 saturated heterocycles. The number of anilines is 2. The fourth-order valence-corrected chi connectivity index (χ4v) is 5.21. The quantitative estimate of drug-likeness (QED) is 0.225. The summed E-state index contributed by atoms with van der Waals surface area (Å²) in [5, 5.41) is 10.9. The average molecular weight is 558 g/mol. The van der Waals surface area contributed by atoms with Crippen molar-refractivity contribution in [3.05, 3.63) is 66.2 Å². The number of aromatic nitrogens is 3. The van der Waals surface area contributed by atoms with Crippen molar-refractivity contribution in [3.8, 4) is 5.75 Å². The van der Waals surface area contributed by atoms with E-state index in [1.54, 1.807) is 36.0 Å². The van der Waals surface area contributed by atoms with Crippen LogP contribution in [0.2, 0.25) is 0 Å². The van der Waals surface area contributed by atoms with E-state index in [-0.39, 0.29) is 11.1 Å². The van der Waals surface area contributed by atoms with Crippen LogP contribution in [0, 0.1) is 0 Å². The highest BCUT2D eigenvalue weighted by molar-refractivity contribution is 7.99. The van der Waals surface area contributed by atoms with E-state index >= 15 is 0 Å². The van der Waals surface area contributed by atoms with Crippen LogP contribution in [0.5, 0.6) is 5.75 Å². The monoisotopic (exact) mass is 557 g/mol. The van der Waals surface area contributed by atoms with Crippen LogP contribution in [0.15, 0.2) is 64.9 Å². The number of hydrogen-bond donors (Lipinski definition) is 3. The molecule has 0 atom stereocenters. The molecule has 0 radical (unpaired) electrons. The lowest BCUT2D eigenvalue weighted by Crippen LogP contribution is -2.15. The number of sulfonamides is 1. The summed E-state index contributed by atoms with van der Waals surface area (Å²) in [5.41, 5.74) is 8.64. The zero-order valence-corrected chi connectivity index (χ0v) is 23.6. The Morgan fingerprint density at radius 1 is 1.18 bits per heavy atom. The molecule has 10 nitrogen and oxygen atoms in total. The number of hydrogen-bond acceptors (Lipinski definition) is 8. The number of benzene rings is 2. The van der Waals surface area contributed by atoms with Gasteiger partial charge < -0.3 is 20.1 Å². The van der Waals surface area contributed by atoms with Crippen molar-refractivity contribution in [1.82, 2.24) is 14.5 Å². The Kier molecular flexibility index (Phi) is 8.58. The lowest BCUT2D eigenvalue weighted by molar-refractivity contribution is 0.0687. The Morgan fingerprint density at radius 2 is 1.89 bits per heavy atom. The maximum Gasteiger partial charge on any atom is 0.352 e. The lowest BCUT2D eigenvalue weighted by atomic mass is 9.86. The maximum absolute atomic E-state index is 11.3. The molecule has 0 amide bonds. The SMILES string of the molecule is COc1c(N)cc(C(C)(C)C)cc1NS(C)(=O)=O.Cn1c(C(=O)O)cc2cccc(Sc3ccncn3)c21. The summed E-state index contributed by atoms with van der Waals surface area (Å²) in [5.74, 6) is -0.588. The lowest BCUT2D eigenvalue weighted by Gasteiger charge is -2.22. The highest BCUT2D eigenvalue weighted by Crippen LogP contribution is 2.37. The number of carboxylic acids is 1. The highest BCUT2D eigenvalue weighted by atomic mass is 32.2. The third-order valence-corrected chi connectivity index (χ3v) is 7.08. The number of nitrogen functional groups attached to an aromatic ring is 1. The number of nitrogens with one attached hydrogen (secondary N) is 1. The maximum atomic E-state index is 11.3. The topological polar surface area (TPSA) is 149 Å². The van der Waals surface area contributed by atoms with Crippen LogP contribution in [0.4, 0.5) is 11.4 Å². The first-order valence-corrected chi connectivity index (χ1v) is 14.1. The number of fused-ring (bicyclic) bond motifs is 1. The first-order chi connectivity index (χ1) is 17.7. The van der Waals surface area contributed by atoms with Crippen molar-refractivity contribution >= 4 is 50.0 Å². The summed E-state index contributed by atoms with van der Waals surface area (Å²) >= 11 is 1.49. The minimum absolute atomic E-state index is 0.131. The first-order valence-electron chi connectivity index (χ1n) is 11.4. The summed E-state index contributed by atoms with van der Waals surface area (Å²) < 4.78 is 31.9. The fourth-order valence-electron chi connectivity index (χ4n) is 3.71. The molecule has 4 N–H and O–H groups in total. The Balaban J connectivity index is 0.000000212. The van der Waals surface area contributed by atoms with Gasteiger partial charge in [-0.1, -0.05) is 44.7 Å². The van der Waals surface area contributed by atoms with Gasteiger partial charge in [-0.3, -0.25) is 4.72 Å². The number of aryl methyl sites for hydroxylation is 1. The molecule has 0 saturated carbocycles. The van der Waals surface area contributed by atoms with Gasteiger partial charge in [0, 0.05) is 23.5 Å². The Morgan fingerprint density at radius 3 is 2.45 bits per heavy atom. The molecule has 12 heteroatoms. The van der Waals surface area contributed by atoms with E-state index in [9.17, 15) is 18.3 Å². The second-order valence-electron chi connectivity index (χ2n) is 9.51. The van der Waals surface area contributed by atoms with E-state index in [0.29, 0.717) is 17.1 Å². The van der Waals surface area contributed by atoms with Crippen molar-refractivity contribution in [2.45, 2.75) is 36.1 Å². The molecule has 2 aromatic carbocycles. The minimum atomic E-state index is -3.37. The van der Waals surface area contributed by atoms with Crippen molar-refractivity contribution < 1.29 is 23.1 Å². The van der Waals surface area contributed by atoms with E-state index in [0.717, 1.165) is 32.6 Å². The molecule has 4 rings (SSSR count). The second kappa shape index (κ2) is 11.3. The van der Waals surface area contributed by atoms with Gasteiger partial charge in [0.05, 0.1) is 30.3 Å². The van der Waals surface area contributed by atoms with Gasteiger partial charge in [-0.05, 0) is 41.3 Å². The second-order valence-corrected chi connectivity index (χ2v) is 12.3. The van der Waals surface area contributed by atoms with Crippen LogP contribution in [0.25, 0.3) is 10.9 Å². The molecule has 202 valence electrons. The molecule has 2 heterocycles. The highest BCUT2D eigenvalue weighted by Gasteiger charge is 2.20. The normalized spacial score (nSPS) is 11.5. The summed E-state index contributed by atoms with van der Waals surface area (Å²) in [6.45, 7) is 6.08. The van der Waals surface area contributed by atoms with E-state index in [1.807, 2.05) is 45.0 Å². The predicted molar refractivity (Wildman–Crippen MR) is 151 cm³/mol. The number of carbonyl (C=O) groups is 1. The van der Waals surface area contributed by atoms with Crippen molar-refractivity contribution in [1.29, 1.82) is 0 Å². The van der Waals surface area contributed by atoms with Crippen LogP contribution in [0.1, 0.15) is 36.8 Å². The van der Waals surface area contributed by atoms with Crippen LogP contribution in [-0.4, -0.2) is 47.4 Å². The molecule has 38 heavy (non-hydrogen) atoms. The number of nitrogens with two attached hydrogens (primary N) is 1. The number of nitrogens with zero attached hydrogens (tertiary/aromatic N) is 3. The Bertz CT molecular complexity index is 1560. The average Bonchev–Trinajstić information content (AvgIpc) is 3.16. The van der Waals surface area contributed by atoms with Gasteiger partial charge in [-0.15, -0.1) is 0 Å². The van der Waals surface area contributed by atoms with Crippen molar-refractivity contribution in [2.75, 3.05) is 23.8 Å². The molecule has 2 aromatic heterocycles. The van der Waals surface area contributed by atoms with Crippen LogP contribution < -0.4 is 15.2 Å². The zero-order chi connectivity index (χ0) is 28.3. The van der Waals surface area contributed by atoms with Gasteiger partial charge in [0.1, 0.15) is 17.0 Å². The number of rotatable bonds is 6. The molecule has 4 aromatic rings. The largest absolute Gasteiger partial charge is 0.492 e. The molecular weight excluding hydrogens is 526 g/mol. The number of para-hydroxylation sites is 1. The van der Waals surface area contributed by atoms with Crippen molar-refractivity contribution in [3.63, 3.8) is 0 Å². The van der Waals surface area contributed by atoms with Crippen LogP contribution in [-0.2, 0) is 22.5 Å². The molecule has 0 unspecified atom stereocenters. The third-order valence-electron chi connectivity index (χ3n) is 5.49. The first kappa shape index (κ1) is 28.8. The number of ether oxygens (including phenoxy) is 1. The fraction of sp³-hybridized carbons (Fsp3) is 0.269. The van der Waals surface area contributed by atoms with Crippen LogP contribution >= 0.6 is 11.8 Å². The Hall–Kier alpha value is -3.77. The molecule has 0 aliphatic rings. The van der Waals surface area contributed by atoms with Gasteiger partial charge in [-0.25, -0.2) is 23.2 Å². The summed E-state index contributed by atoms with van der Waals surface area (Å²) in [4.78, 5) is 20.2. The molecular formula is C26H31N5O5S2. The van der Waals surface area contributed by atoms with E-state index in [2.05, 4.69) is 14.7 Å². The molecule has 0 aliphatic heterocycles. The number of methoxy groups -OCH3 is 1. The van der Waals surface area contributed by atoms with Gasteiger partial charge in [-0.2, -0.15) is 0 Å². The predicted octanol–water partition coefficient (Wildman–Crippen LogP) is 4.76. The van der Waals surface area contributed by atoms with E-state index in [1.165, 1.54) is 25.2 Å². The summed E-state index contributed by atoms with van der Waals surface area (Å²) in [6.07, 6.45) is 4.27. The Labute approximate surface area is 226 Å². The third kappa shape index (κ3) is 6.95. The number of aromatic carboxylic acids is 1. The minimum Gasteiger partial charge on any atom is -0.492 e.